The van der Waals surface area contributed by atoms with Gasteiger partial charge in [0.25, 0.3) is 0 Å². The first kappa shape index (κ1) is 17.0. The first-order valence-corrected chi connectivity index (χ1v) is 7.78. The number of para-hydroxylation sites is 1. The average molecular weight is 377 g/mol. The van der Waals surface area contributed by atoms with Gasteiger partial charge in [-0.1, -0.05) is 24.3 Å². The fourth-order valence-electron chi connectivity index (χ4n) is 2.00. The maximum atomic E-state index is 12.1. The molecule has 0 aliphatic carbocycles. The Morgan fingerprint density at radius 1 is 1.09 bits per heavy atom. The summed E-state index contributed by atoms with van der Waals surface area (Å²) in [5.41, 5.74) is 3.15. The third-order valence-corrected chi connectivity index (χ3v) is 3.91. The number of rotatable bonds is 4. The number of hydrogen-bond acceptors (Lipinski definition) is 3. The number of halogens is 1. The zero-order chi connectivity index (χ0) is 16.8. The van der Waals surface area contributed by atoms with Gasteiger partial charge < -0.3 is 15.4 Å². The summed E-state index contributed by atoms with van der Waals surface area (Å²) in [7, 11) is 1.35. The molecule has 120 valence electrons. The lowest BCUT2D eigenvalue weighted by Crippen LogP contribution is -2.20. The van der Waals surface area contributed by atoms with E-state index >= 15 is 0 Å². The summed E-state index contributed by atoms with van der Waals surface area (Å²) in [6.45, 7) is 1.92. The zero-order valence-corrected chi connectivity index (χ0v) is 14.4. The molecule has 0 saturated heterocycles. The molecule has 2 aromatic carbocycles. The molecule has 2 amide bonds. The van der Waals surface area contributed by atoms with Crippen molar-refractivity contribution in [3.63, 3.8) is 0 Å². The SMILES string of the molecule is COC(=O)Cc1ccc(NC(=O)Nc2ccccc2C)c(Br)c1. The molecule has 0 saturated carbocycles. The summed E-state index contributed by atoms with van der Waals surface area (Å²) >= 11 is 3.39. The van der Waals surface area contributed by atoms with Crippen molar-refractivity contribution < 1.29 is 14.3 Å². The van der Waals surface area contributed by atoms with Gasteiger partial charge in [-0.3, -0.25) is 4.79 Å². The fraction of sp³-hybridized carbons (Fsp3) is 0.176. The number of hydrogen-bond donors (Lipinski definition) is 2. The molecule has 5 nitrogen and oxygen atoms in total. The van der Waals surface area contributed by atoms with Crippen LogP contribution >= 0.6 is 15.9 Å². The van der Waals surface area contributed by atoms with Gasteiger partial charge in [0.1, 0.15) is 0 Å². The van der Waals surface area contributed by atoms with Gasteiger partial charge in [0, 0.05) is 10.2 Å². The lowest BCUT2D eigenvalue weighted by molar-refractivity contribution is -0.139. The molecule has 6 heteroatoms. The van der Waals surface area contributed by atoms with Crippen LogP contribution in [0.25, 0.3) is 0 Å². The van der Waals surface area contributed by atoms with E-state index in [0.29, 0.717) is 10.2 Å². The molecule has 0 radical (unpaired) electrons. The van der Waals surface area contributed by atoms with Gasteiger partial charge in [-0.15, -0.1) is 0 Å². The Kier molecular flexibility index (Phi) is 5.76. The van der Waals surface area contributed by atoms with E-state index in [4.69, 9.17) is 0 Å². The van der Waals surface area contributed by atoms with Crippen LogP contribution in [0.2, 0.25) is 0 Å². The molecule has 0 unspecified atom stereocenters. The molecule has 2 rings (SSSR count). The Labute approximate surface area is 143 Å². The van der Waals surface area contributed by atoms with E-state index in [9.17, 15) is 9.59 Å². The first-order chi connectivity index (χ1) is 11.0. The Bertz CT molecular complexity index is 732. The van der Waals surface area contributed by atoms with Crippen LogP contribution in [-0.2, 0) is 16.0 Å². The minimum Gasteiger partial charge on any atom is -0.469 e. The normalized spacial score (nSPS) is 10.0. The number of urea groups is 1. The van der Waals surface area contributed by atoms with Crippen molar-refractivity contribution >= 4 is 39.3 Å². The Morgan fingerprint density at radius 2 is 1.78 bits per heavy atom. The van der Waals surface area contributed by atoms with Gasteiger partial charge in [0.2, 0.25) is 0 Å². The minimum absolute atomic E-state index is 0.185. The van der Waals surface area contributed by atoms with Crippen molar-refractivity contribution in [1.82, 2.24) is 0 Å². The molecular weight excluding hydrogens is 360 g/mol. The highest BCUT2D eigenvalue weighted by molar-refractivity contribution is 9.10. The predicted octanol–water partition coefficient (Wildman–Crippen LogP) is 4.12. The van der Waals surface area contributed by atoms with Crippen LogP contribution in [0.15, 0.2) is 46.9 Å². The molecule has 0 aliphatic heterocycles. The lowest BCUT2D eigenvalue weighted by Gasteiger charge is -2.11. The summed E-state index contributed by atoms with van der Waals surface area (Å²) in [6.07, 6.45) is 0.185. The molecule has 0 aliphatic rings. The van der Waals surface area contributed by atoms with Gasteiger partial charge in [-0.2, -0.15) is 0 Å². The summed E-state index contributed by atoms with van der Waals surface area (Å²) in [4.78, 5) is 23.4. The second kappa shape index (κ2) is 7.78. The molecular formula is C17H17BrN2O3. The highest BCUT2D eigenvalue weighted by Crippen LogP contribution is 2.24. The van der Waals surface area contributed by atoms with Gasteiger partial charge in [-0.05, 0) is 52.2 Å². The number of aryl methyl sites for hydroxylation is 1. The Balaban J connectivity index is 2.04. The summed E-state index contributed by atoms with van der Waals surface area (Å²) in [5.74, 6) is -0.310. The van der Waals surface area contributed by atoms with E-state index in [0.717, 1.165) is 16.8 Å². The van der Waals surface area contributed by atoms with Crippen molar-refractivity contribution in [2.45, 2.75) is 13.3 Å². The fourth-order valence-corrected chi connectivity index (χ4v) is 2.52. The smallest absolute Gasteiger partial charge is 0.323 e. The Hall–Kier alpha value is -2.34. The summed E-state index contributed by atoms with van der Waals surface area (Å²) < 4.78 is 5.33. The van der Waals surface area contributed by atoms with E-state index in [-0.39, 0.29) is 18.4 Å². The summed E-state index contributed by atoms with van der Waals surface area (Å²) in [5, 5.41) is 5.56. The standard InChI is InChI=1S/C17H17BrN2O3/c1-11-5-3-4-6-14(11)19-17(22)20-15-8-7-12(9-13(15)18)10-16(21)23-2/h3-9H,10H2,1-2H3,(H2,19,20,22). The number of carbonyl (C=O) groups is 2. The molecule has 0 bridgehead atoms. The maximum absolute atomic E-state index is 12.1. The van der Waals surface area contributed by atoms with Gasteiger partial charge >= 0.3 is 12.0 Å². The van der Waals surface area contributed by atoms with Crippen molar-refractivity contribution in [2.75, 3.05) is 17.7 Å². The second-order valence-electron chi connectivity index (χ2n) is 4.96. The predicted molar refractivity (Wildman–Crippen MR) is 93.7 cm³/mol. The van der Waals surface area contributed by atoms with Crippen LogP contribution in [0.5, 0.6) is 0 Å². The monoisotopic (exact) mass is 376 g/mol. The van der Waals surface area contributed by atoms with Crippen molar-refractivity contribution in [1.29, 1.82) is 0 Å². The molecule has 0 heterocycles. The van der Waals surface area contributed by atoms with E-state index in [1.807, 2.05) is 31.2 Å². The maximum Gasteiger partial charge on any atom is 0.323 e. The van der Waals surface area contributed by atoms with E-state index in [2.05, 4.69) is 31.3 Å². The van der Waals surface area contributed by atoms with Crippen LogP contribution in [0.1, 0.15) is 11.1 Å². The van der Waals surface area contributed by atoms with E-state index in [1.165, 1.54) is 7.11 Å². The highest BCUT2D eigenvalue weighted by Gasteiger charge is 2.09. The van der Waals surface area contributed by atoms with Gasteiger partial charge in [0.15, 0.2) is 0 Å². The number of benzene rings is 2. The van der Waals surface area contributed by atoms with Crippen molar-refractivity contribution in [2.24, 2.45) is 0 Å². The number of nitrogens with one attached hydrogen (secondary N) is 2. The van der Waals surface area contributed by atoms with Crippen LogP contribution in [0, 0.1) is 6.92 Å². The molecule has 0 atom stereocenters. The topological polar surface area (TPSA) is 67.4 Å². The van der Waals surface area contributed by atoms with Gasteiger partial charge in [0.05, 0.1) is 19.2 Å². The highest BCUT2D eigenvalue weighted by atomic mass is 79.9. The largest absolute Gasteiger partial charge is 0.469 e. The number of methoxy groups -OCH3 is 1. The quantitative estimate of drug-likeness (QED) is 0.788. The van der Waals surface area contributed by atoms with Crippen LogP contribution < -0.4 is 10.6 Å². The molecule has 0 aromatic heterocycles. The van der Waals surface area contributed by atoms with Crippen LogP contribution in [0.4, 0.5) is 16.2 Å². The molecule has 23 heavy (non-hydrogen) atoms. The second-order valence-corrected chi connectivity index (χ2v) is 5.82. The van der Waals surface area contributed by atoms with Crippen molar-refractivity contribution in [3.05, 3.63) is 58.1 Å². The molecule has 0 spiro atoms. The third kappa shape index (κ3) is 4.82. The molecule has 2 aromatic rings. The molecule has 2 N–H and O–H groups in total. The number of esters is 1. The number of carbonyl (C=O) groups excluding carboxylic acids is 2. The third-order valence-electron chi connectivity index (χ3n) is 3.25. The van der Waals surface area contributed by atoms with Crippen LogP contribution in [-0.4, -0.2) is 19.1 Å². The molecule has 0 fully saturated rings. The number of anilines is 2. The van der Waals surface area contributed by atoms with E-state index < -0.39 is 0 Å². The van der Waals surface area contributed by atoms with Gasteiger partial charge in [-0.25, -0.2) is 4.79 Å². The van der Waals surface area contributed by atoms with Crippen molar-refractivity contribution in [3.8, 4) is 0 Å². The van der Waals surface area contributed by atoms with E-state index in [1.54, 1.807) is 18.2 Å². The lowest BCUT2D eigenvalue weighted by atomic mass is 10.1. The Morgan fingerprint density at radius 3 is 2.43 bits per heavy atom. The number of ether oxygens (including phenoxy) is 1. The average Bonchev–Trinajstić information content (AvgIpc) is 2.52. The van der Waals surface area contributed by atoms with Crippen LogP contribution in [0.3, 0.4) is 0 Å². The minimum atomic E-state index is -0.333. The first-order valence-electron chi connectivity index (χ1n) is 6.98. The summed E-state index contributed by atoms with van der Waals surface area (Å²) in [6, 6.07) is 12.5. The zero-order valence-electron chi connectivity index (χ0n) is 12.9. The number of amides is 2.